The van der Waals surface area contributed by atoms with Crippen LogP contribution < -0.4 is 0 Å². The molecule has 3 atom stereocenters. The first-order valence-corrected chi connectivity index (χ1v) is 6.12. The number of hydrogen-bond donors (Lipinski definition) is 1. The lowest BCUT2D eigenvalue weighted by Crippen LogP contribution is -2.50. The molecule has 0 amide bonds. The number of aliphatic hydroxyl groups excluding tert-OH is 1. The number of rotatable bonds is 2. The fraction of sp³-hybridized carbons (Fsp3) is 1.00. The van der Waals surface area contributed by atoms with Crippen LogP contribution in [0.25, 0.3) is 0 Å². The van der Waals surface area contributed by atoms with E-state index in [4.69, 9.17) is 9.47 Å². The van der Waals surface area contributed by atoms with Crippen molar-refractivity contribution in [2.45, 2.75) is 50.7 Å². The summed E-state index contributed by atoms with van der Waals surface area (Å²) >= 11 is 0. The molecule has 0 bridgehead atoms. The molecule has 0 aromatic heterocycles. The Morgan fingerprint density at radius 3 is 2.73 bits per heavy atom. The van der Waals surface area contributed by atoms with Crippen LogP contribution in [0, 0.1) is 5.92 Å². The topological polar surface area (TPSA) is 38.7 Å². The molecule has 2 aliphatic rings. The Morgan fingerprint density at radius 2 is 2.13 bits per heavy atom. The van der Waals surface area contributed by atoms with E-state index in [9.17, 15) is 5.11 Å². The van der Waals surface area contributed by atoms with Gasteiger partial charge >= 0.3 is 0 Å². The van der Waals surface area contributed by atoms with Gasteiger partial charge in [0.1, 0.15) is 0 Å². The van der Waals surface area contributed by atoms with Crippen LogP contribution in [0.1, 0.15) is 39.0 Å². The molecule has 0 saturated carbocycles. The molecule has 0 aromatic rings. The lowest BCUT2D eigenvalue weighted by molar-refractivity contribution is -0.166. The van der Waals surface area contributed by atoms with Crippen molar-refractivity contribution >= 4 is 0 Å². The molecule has 1 N–H and O–H groups in total. The van der Waals surface area contributed by atoms with Gasteiger partial charge in [-0.15, -0.1) is 0 Å². The molecule has 2 rings (SSSR count). The lowest BCUT2D eigenvalue weighted by atomic mass is 9.81. The zero-order valence-electron chi connectivity index (χ0n) is 9.58. The normalized spacial score (nSPS) is 40.0. The maximum atomic E-state index is 10.4. The average Bonchev–Trinajstić information content (AvgIpc) is 2.30. The first-order chi connectivity index (χ1) is 7.22. The van der Waals surface area contributed by atoms with Gasteiger partial charge in [-0.1, -0.05) is 0 Å². The van der Waals surface area contributed by atoms with Crippen molar-refractivity contribution in [2.24, 2.45) is 5.92 Å². The Labute approximate surface area is 91.8 Å². The van der Waals surface area contributed by atoms with Crippen molar-refractivity contribution < 1.29 is 14.6 Å². The summed E-state index contributed by atoms with van der Waals surface area (Å²) < 4.78 is 11.2. The fourth-order valence-corrected chi connectivity index (χ4v) is 2.70. The lowest BCUT2D eigenvalue weighted by Gasteiger charge is -2.42. The molecular weight excluding hydrogens is 192 g/mol. The van der Waals surface area contributed by atoms with E-state index < -0.39 is 0 Å². The minimum absolute atomic E-state index is 0.266. The van der Waals surface area contributed by atoms with E-state index in [0.29, 0.717) is 6.61 Å². The molecule has 15 heavy (non-hydrogen) atoms. The summed E-state index contributed by atoms with van der Waals surface area (Å²) in [4.78, 5) is 0. The van der Waals surface area contributed by atoms with Crippen molar-refractivity contribution in [3.63, 3.8) is 0 Å². The molecular formula is C12H22O3. The standard InChI is InChI=1S/C12H22O3/c1-12(6-2-3-8-15-12)11(13)10-5-4-7-14-9-10/h10-11,13H,2-9H2,1H3. The van der Waals surface area contributed by atoms with Gasteiger partial charge in [-0.25, -0.2) is 0 Å². The first-order valence-electron chi connectivity index (χ1n) is 6.12. The van der Waals surface area contributed by atoms with Gasteiger partial charge in [0.25, 0.3) is 0 Å². The van der Waals surface area contributed by atoms with Gasteiger partial charge in [-0.3, -0.25) is 0 Å². The summed E-state index contributed by atoms with van der Waals surface area (Å²) in [5.41, 5.74) is -0.330. The third-order valence-corrected chi connectivity index (χ3v) is 3.77. The van der Waals surface area contributed by atoms with E-state index in [1.54, 1.807) is 0 Å². The van der Waals surface area contributed by atoms with Gasteiger partial charge in [-0.2, -0.15) is 0 Å². The van der Waals surface area contributed by atoms with Crippen LogP contribution in [0.15, 0.2) is 0 Å². The maximum absolute atomic E-state index is 10.4. The maximum Gasteiger partial charge on any atom is 0.0915 e. The predicted molar refractivity (Wildman–Crippen MR) is 57.8 cm³/mol. The van der Waals surface area contributed by atoms with Crippen LogP contribution in [0.2, 0.25) is 0 Å². The molecule has 2 saturated heterocycles. The number of ether oxygens (including phenoxy) is 2. The molecule has 3 nitrogen and oxygen atoms in total. The van der Waals surface area contributed by atoms with Gasteiger partial charge in [-0.05, 0) is 39.0 Å². The van der Waals surface area contributed by atoms with E-state index in [0.717, 1.165) is 38.9 Å². The quantitative estimate of drug-likeness (QED) is 0.761. The van der Waals surface area contributed by atoms with E-state index in [1.807, 2.05) is 6.92 Å². The smallest absolute Gasteiger partial charge is 0.0915 e. The van der Waals surface area contributed by atoms with E-state index in [1.165, 1.54) is 6.42 Å². The molecule has 2 aliphatic heterocycles. The molecule has 2 fully saturated rings. The summed E-state index contributed by atoms with van der Waals surface area (Å²) in [6, 6.07) is 0. The van der Waals surface area contributed by atoms with E-state index >= 15 is 0 Å². The zero-order valence-corrected chi connectivity index (χ0v) is 9.58. The van der Waals surface area contributed by atoms with Gasteiger partial charge < -0.3 is 14.6 Å². The first kappa shape index (κ1) is 11.4. The van der Waals surface area contributed by atoms with Crippen molar-refractivity contribution in [1.82, 2.24) is 0 Å². The summed E-state index contributed by atoms with van der Waals surface area (Å²) in [5.74, 6) is 0.266. The number of aliphatic hydroxyl groups is 1. The molecule has 0 aromatic carbocycles. The Morgan fingerprint density at radius 1 is 1.27 bits per heavy atom. The second-order valence-electron chi connectivity index (χ2n) is 5.04. The third-order valence-electron chi connectivity index (χ3n) is 3.77. The molecule has 0 aliphatic carbocycles. The molecule has 2 heterocycles. The van der Waals surface area contributed by atoms with Crippen molar-refractivity contribution in [3.05, 3.63) is 0 Å². The minimum atomic E-state index is -0.363. The molecule has 0 radical (unpaired) electrons. The van der Waals surface area contributed by atoms with Crippen LogP contribution in [0.5, 0.6) is 0 Å². The van der Waals surface area contributed by atoms with Gasteiger partial charge in [0.15, 0.2) is 0 Å². The second-order valence-corrected chi connectivity index (χ2v) is 5.04. The van der Waals surface area contributed by atoms with E-state index in [-0.39, 0.29) is 17.6 Å². The molecule has 0 spiro atoms. The fourth-order valence-electron chi connectivity index (χ4n) is 2.70. The summed E-state index contributed by atoms with van der Waals surface area (Å²) in [6.07, 6.45) is 5.05. The van der Waals surface area contributed by atoms with Crippen LogP contribution in [0.3, 0.4) is 0 Å². The average molecular weight is 214 g/mol. The largest absolute Gasteiger partial charge is 0.390 e. The van der Waals surface area contributed by atoms with Crippen LogP contribution >= 0.6 is 0 Å². The Balaban J connectivity index is 1.94. The number of hydrogen-bond acceptors (Lipinski definition) is 3. The Bertz CT molecular complexity index is 193. The summed E-state index contributed by atoms with van der Waals surface area (Å²) in [5, 5.41) is 10.4. The van der Waals surface area contributed by atoms with E-state index in [2.05, 4.69) is 0 Å². The van der Waals surface area contributed by atoms with Crippen LogP contribution in [-0.2, 0) is 9.47 Å². The predicted octanol–water partition coefficient (Wildman–Crippen LogP) is 1.73. The Kier molecular flexibility index (Phi) is 3.65. The van der Waals surface area contributed by atoms with Crippen LogP contribution in [-0.4, -0.2) is 36.6 Å². The highest BCUT2D eigenvalue weighted by Crippen LogP contribution is 2.33. The highest BCUT2D eigenvalue weighted by Gasteiger charge is 2.40. The molecule has 88 valence electrons. The minimum Gasteiger partial charge on any atom is -0.390 e. The molecule has 3 unspecified atom stereocenters. The third kappa shape index (κ3) is 2.52. The van der Waals surface area contributed by atoms with Gasteiger partial charge in [0, 0.05) is 19.1 Å². The Hall–Kier alpha value is -0.120. The van der Waals surface area contributed by atoms with Gasteiger partial charge in [0.2, 0.25) is 0 Å². The monoisotopic (exact) mass is 214 g/mol. The summed E-state index contributed by atoms with van der Waals surface area (Å²) in [7, 11) is 0. The summed E-state index contributed by atoms with van der Waals surface area (Å²) in [6.45, 7) is 4.38. The molecule has 3 heteroatoms. The second kappa shape index (κ2) is 4.81. The van der Waals surface area contributed by atoms with Crippen molar-refractivity contribution in [1.29, 1.82) is 0 Å². The highest BCUT2D eigenvalue weighted by molar-refractivity contribution is 4.91. The SMILES string of the molecule is CC1(C(O)C2CCCOC2)CCCCO1. The zero-order chi connectivity index (χ0) is 10.7. The van der Waals surface area contributed by atoms with Crippen LogP contribution in [0.4, 0.5) is 0 Å². The van der Waals surface area contributed by atoms with Gasteiger partial charge in [0.05, 0.1) is 18.3 Å². The van der Waals surface area contributed by atoms with Crippen molar-refractivity contribution in [3.8, 4) is 0 Å². The highest BCUT2D eigenvalue weighted by atomic mass is 16.5. The van der Waals surface area contributed by atoms with Crippen molar-refractivity contribution in [2.75, 3.05) is 19.8 Å².